The molecule has 34 heavy (non-hydrogen) atoms. The molecule has 4 rings (SSSR count). The monoisotopic (exact) mass is 466 g/mol. The summed E-state index contributed by atoms with van der Waals surface area (Å²) in [5.74, 6) is -3.49. The molecule has 7 nitrogen and oxygen atoms in total. The highest BCUT2D eigenvalue weighted by Crippen LogP contribution is 2.28. The molecule has 0 aliphatic carbocycles. The lowest BCUT2D eigenvalue weighted by atomic mass is 10.0. The molecule has 0 unspecified atom stereocenters. The Hall–Kier alpha value is -4.08. The van der Waals surface area contributed by atoms with Crippen LogP contribution in [-0.2, 0) is 30.6 Å². The average molecular weight is 466 g/mol. The quantitative estimate of drug-likeness (QED) is 0.439. The minimum Gasteiger partial charge on any atom is -0.310 e. The van der Waals surface area contributed by atoms with Gasteiger partial charge >= 0.3 is 0 Å². The number of hydrogen-bond acceptors (Lipinski definition) is 5. The summed E-state index contributed by atoms with van der Waals surface area (Å²) < 4.78 is 43.4. The second kappa shape index (κ2) is 9.42. The van der Waals surface area contributed by atoms with Crippen molar-refractivity contribution in [3.8, 4) is 11.1 Å². The number of anilines is 1. The van der Waals surface area contributed by atoms with Gasteiger partial charge in [0, 0.05) is 61.9 Å². The van der Waals surface area contributed by atoms with E-state index in [2.05, 4.69) is 25.4 Å². The van der Waals surface area contributed by atoms with Gasteiger partial charge in [0.1, 0.15) is 17.5 Å². The molecule has 1 N–H and O–H groups in total. The van der Waals surface area contributed by atoms with E-state index in [1.54, 1.807) is 35.4 Å². The zero-order valence-electron chi connectivity index (χ0n) is 18.5. The number of nitrogens with one attached hydrogen (secondary N) is 1. The van der Waals surface area contributed by atoms with Crippen LogP contribution in [0.5, 0.6) is 0 Å². The van der Waals surface area contributed by atoms with Crippen LogP contribution in [0.15, 0.2) is 61.3 Å². The van der Waals surface area contributed by atoms with Gasteiger partial charge in [-0.3, -0.25) is 9.48 Å². The average Bonchev–Trinajstić information content (AvgIpc) is 3.18. The van der Waals surface area contributed by atoms with Crippen LogP contribution in [0.1, 0.15) is 29.4 Å². The number of aryl methyl sites for hydroxylation is 1. The van der Waals surface area contributed by atoms with Gasteiger partial charge in [-0.2, -0.15) is 5.10 Å². The van der Waals surface area contributed by atoms with Gasteiger partial charge in [0.15, 0.2) is 0 Å². The molecule has 4 aromatic rings. The topological polar surface area (TPSA) is 85.6 Å². The first-order valence-corrected chi connectivity index (χ1v) is 10.4. The SMILES string of the molecule is Cn1cc(Cc2ncc(-c3ccc(CC(=O)Nc4cc(C(C)(F)F)ccn4)cc3F)cn2)cn1. The lowest BCUT2D eigenvalue weighted by molar-refractivity contribution is -0.115. The summed E-state index contributed by atoms with van der Waals surface area (Å²) >= 11 is 0. The number of pyridine rings is 1. The predicted molar refractivity (Wildman–Crippen MR) is 120 cm³/mol. The molecule has 0 saturated heterocycles. The molecule has 0 radical (unpaired) electrons. The normalized spacial score (nSPS) is 11.4. The summed E-state index contributed by atoms with van der Waals surface area (Å²) in [6, 6.07) is 6.71. The summed E-state index contributed by atoms with van der Waals surface area (Å²) in [5, 5.41) is 6.57. The first-order valence-electron chi connectivity index (χ1n) is 10.4. The van der Waals surface area contributed by atoms with E-state index in [-0.39, 0.29) is 17.8 Å². The zero-order chi connectivity index (χ0) is 24.3. The summed E-state index contributed by atoms with van der Waals surface area (Å²) in [4.78, 5) is 24.8. The number of amides is 1. The number of benzene rings is 1. The van der Waals surface area contributed by atoms with Gasteiger partial charge in [0.25, 0.3) is 5.92 Å². The van der Waals surface area contributed by atoms with Gasteiger partial charge in [0.2, 0.25) is 5.91 Å². The van der Waals surface area contributed by atoms with E-state index in [9.17, 15) is 18.0 Å². The van der Waals surface area contributed by atoms with Crippen LogP contribution in [0, 0.1) is 5.82 Å². The second-order valence-electron chi connectivity index (χ2n) is 7.94. The van der Waals surface area contributed by atoms with Crippen molar-refractivity contribution < 1.29 is 18.0 Å². The highest BCUT2D eigenvalue weighted by molar-refractivity contribution is 5.91. The lowest BCUT2D eigenvalue weighted by Crippen LogP contribution is -2.16. The largest absolute Gasteiger partial charge is 0.310 e. The molecule has 0 spiro atoms. The molecule has 1 aromatic carbocycles. The van der Waals surface area contributed by atoms with E-state index in [0.29, 0.717) is 28.9 Å². The highest BCUT2D eigenvalue weighted by Gasteiger charge is 2.24. The number of rotatable bonds is 7. The fourth-order valence-corrected chi connectivity index (χ4v) is 3.38. The maximum Gasteiger partial charge on any atom is 0.270 e. The van der Waals surface area contributed by atoms with Crippen molar-refractivity contribution in [2.45, 2.75) is 25.7 Å². The Bertz CT molecular complexity index is 1320. The van der Waals surface area contributed by atoms with E-state index < -0.39 is 17.6 Å². The number of alkyl halides is 2. The van der Waals surface area contributed by atoms with E-state index in [1.165, 1.54) is 18.3 Å². The molecule has 0 bridgehead atoms. The van der Waals surface area contributed by atoms with Gasteiger partial charge in [0.05, 0.1) is 12.6 Å². The van der Waals surface area contributed by atoms with Crippen molar-refractivity contribution in [2.75, 3.05) is 5.32 Å². The molecule has 1 amide bonds. The van der Waals surface area contributed by atoms with Crippen molar-refractivity contribution in [2.24, 2.45) is 7.05 Å². The smallest absolute Gasteiger partial charge is 0.270 e. The van der Waals surface area contributed by atoms with E-state index >= 15 is 0 Å². The van der Waals surface area contributed by atoms with Crippen molar-refractivity contribution in [3.63, 3.8) is 0 Å². The van der Waals surface area contributed by atoms with Crippen LogP contribution >= 0.6 is 0 Å². The summed E-state index contributed by atoms with van der Waals surface area (Å²) in [6.07, 6.45) is 8.26. The molecule has 0 aliphatic heterocycles. The first-order chi connectivity index (χ1) is 16.2. The Morgan fingerprint density at radius 1 is 1.06 bits per heavy atom. The van der Waals surface area contributed by atoms with Gasteiger partial charge in [-0.25, -0.2) is 28.1 Å². The highest BCUT2D eigenvalue weighted by atomic mass is 19.3. The summed E-state index contributed by atoms with van der Waals surface area (Å²) in [7, 11) is 1.82. The number of nitrogens with zero attached hydrogens (tertiary/aromatic N) is 5. The minimum absolute atomic E-state index is 0.00430. The number of halogens is 3. The van der Waals surface area contributed by atoms with E-state index in [1.807, 2.05) is 13.2 Å². The van der Waals surface area contributed by atoms with Crippen molar-refractivity contribution in [3.05, 3.63) is 89.6 Å². The molecule has 0 fully saturated rings. The maximum absolute atomic E-state index is 14.8. The number of aromatic nitrogens is 5. The number of carbonyl (C=O) groups excluding carboxylic acids is 1. The van der Waals surface area contributed by atoms with Gasteiger partial charge < -0.3 is 5.32 Å². The second-order valence-corrected chi connectivity index (χ2v) is 7.94. The van der Waals surface area contributed by atoms with Crippen LogP contribution in [0.25, 0.3) is 11.1 Å². The molecular formula is C24H21F3N6O. The van der Waals surface area contributed by atoms with Crippen LogP contribution in [0.2, 0.25) is 0 Å². The Balaban J connectivity index is 1.41. The molecule has 10 heteroatoms. The van der Waals surface area contributed by atoms with Crippen LogP contribution < -0.4 is 5.32 Å². The van der Waals surface area contributed by atoms with Crippen molar-refractivity contribution in [1.82, 2.24) is 24.7 Å². The fraction of sp³-hybridized carbons (Fsp3) is 0.208. The molecule has 174 valence electrons. The Kier molecular flexibility index (Phi) is 6.40. The third-order valence-electron chi connectivity index (χ3n) is 5.07. The van der Waals surface area contributed by atoms with Gasteiger partial charge in [-0.1, -0.05) is 12.1 Å². The Morgan fingerprint density at radius 2 is 1.82 bits per heavy atom. The minimum atomic E-state index is -3.05. The molecule has 3 aromatic heterocycles. The number of hydrogen-bond donors (Lipinski definition) is 1. The molecule has 0 atom stereocenters. The van der Waals surface area contributed by atoms with Crippen molar-refractivity contribution >= 4 is 11.7 Å². The number of carbonyl (C=O) groups is 1. The van der Waals surface area contributed by atoms with Crippen LogP contribution in [0.4, 0.5) is 19.0 Å². The Morgan fingerprint density at radius 3 is 2.47 bits per heavy atom. The zero-order valence-corrected chi connectivity index (χ0v) is 18.5. The molecular weight excluding hydrogens is 445 g/mol. The van der Waals surface area contributed by atoms with Gasteiger partial charge in [-0.05, 0) is 29.3 Å². The van der Waals surface area contributed by atoms with Crippen molar-refractivity contribution in [1.29, 1.82) is 0 Å². The first kappa shape index (κ1) is 23.1. The summed E-state index contributed by atoms with van der Waals surface area (Å²) in [6.45, 7) is 0.762. The summed E-state index contributed by atoms with van der Waals surface area (Å²) in [5.41, 5.74) is 1.93. The molecule has 0 aliphatic rings. The molecule has 3 heterocycles. The van der Waals surface area contributed by atoms with Gasteiger partial charge in [-0.15, -0.1) is 0 Å². The predicted octanol–water partition coefficient (Wildman–Crippen LogP) is 4.29. The lowest BCUT2D eigenvalue weighted by Gasteiger charge is -2.12. The molecule has 0 saturated carbocycles. The van der Waals surface area contributed by atoms with E-state index in [0.717, 1.165) is 18.6 Å². The fourth-order valence-electron chi connectivity index (χ4n) is 3.38. The van der Waals surface area contributed by atoms with Crippen LogP contribution in [-0.4, -0.2) is 30.6 Å². The standard InChI is InChI=1S/C24H21F3N6O/c1-24(26,27)18-5-6-28-22(10-18)32-23(34)9-15-3-4-19(20(25)7-15)17-12-29-21(30-13-17)8-16-11-31-33(2)14-16/h3-7,10-14H,8-9H2,1-2H3,(H,28,32,34). The van der Waals surface area contributed by atoms with E-state index in [4.69, 9.17) is 0 Å². The van der Waals surface area contributed by atoms with Crippen LogP contribution in [0.3, 0.4) is 0 Å². The third kappa shape index (κ3) is 5.64. The maximum atomic E-state index is 14.8. The Labute approximate surface area is 193 Å². The third-order valence-corrected chi connectivity index (χ3v) is 5.07.